The molecule has 2 heterocycles. The minimum absolute atomic E-state index is 0.0413. The normalized spacial score (nSPS) is 17.2. The molecule has 1 aliphatic heterocycles. The summed E-state index contributed by atoms with van der Waals surface area (Å²) in [7, 11) is 1.65. The van der Waals surface area contributed by atoms with Crippen LogP contribution in [0.1, 0.15) is 11.7 Å². The minimum atomic E-state index is 0.0413. The van der Waals surface area contributed by atoms with Crippen molar-refractivity contribution in [2.75, 3.05) is 32.1 Å². The molecule has 1 unspecified atom stereocenters. The number of nitrogens with one attached hydrogen (secondary N) is 2. The van der Waals surface area contributed by atoms with Crippen LogP contribution in [0.15, 0.2) is 47.1 Å². The monoisotopic (exact) mass is 414 g/mol. The number of hydrogen-bond acceptors (Lipinski definition) is 6. The van der Waals surface area contributed by atoms with Gasteiger partial charge in [-0.1, -0.05) is 18.2 Å². The molecule has 0 saturated carbocycles. The summed E-state index contributed by atoms with van der Waals surface area (Å²) in [5, 5.41) is 7.57. The molecule has 1 saturated heterocycles. The van der Waals surface area contributed by atoms with Gasteiger partial charge in [0.25, 0.3) is 0 Å². The number of anilines is 2. The van der Waals surface area contributed by atoms with E-state index in [2.05, 4.69) is 36.5 Å². The minimum Gasteiger partial charge on any atom is -0.495 e. The van der Waals surface area contributed by atoms with Crippen molar-refractivity contribution in [3.8, 4) is 5.75 Å². The Balaban J connectivity index is 1.62. The van der Waals surface area contributed by atoms with Gasteiger partial charge in [-0.2, -0.15) is 0 Å². The molecule has 1 aliphatic rings. The fourth-order valence-corrected chi connectivity index (χ4v) is 3.46. The van der Waals surface area contributed by atoms with Crippen LogP contribution in [0.4, 0.5) is 11.6 Å². The van der Waals surface area contributed by atoms with Crippen LogP contribution in [0.5, 0.6) is 5.75 Å². The van der Waals surface area contributed by atoms with Crippen molar-refractivity contribution in [1.82, 2.24) is 15.3 Å². The van der Waals surface area contributed by atoms with E-state index in [0.29, 0.717) is 12.6 Å². The van der Waals surface area contributed by atoms with Crippen molar-refractivity contribution in [3.63, 3.8) is 0 Å². The number of aromatic nitrogens is 2. The van der Waals surface area contributed by atoms with Gasteiger partial charge in [0.1, 0.15) is 5.75 Å². The third-order valence-electron chi connectivity index (χ3n) is 4.33. The van der Waals surface area contributed by atoms with E-state index in [4.69, 9.17) is 9.47 Å². The van der Waals surface area contributed by atoms with Gasteiger partial charge in [-0.3, -0.25) is 0 Å². The zero-order chi connectivity index (χ0) is 17.9. The quantitative estimate of drug-likeness (QED) is 0.676. The van der Waals surface area contributed by atoms with Crippen molar-refractivity contribution in [3.05, 3.63) is 52.6 Å². The first-order valence-corrected chi connectivity index (χ1v) is 9.22. The lowest BCUT2D eigenvalue weighted by molar-refractivity contribution is 0.0276. The average Bonchev–Trinajstić information content (AvgIpc) is 2.69. The Morgan fingerprint density at radius 1 is 1.31 bits per heavy atom. The van der Waals surface area contributed by atoms with Crippen molar-refractivity contribution in [1.29, 1.82) is 0 Å². The highest BCUT2D eigenvalue weighted by molar-refractivity contribution is 9.10. The Morgan fingerprint density at radius 2 is 2.23 bits per heavy atom. The highest BCUT2D eigenvalue weighted by Gasteiger charge is 2.17. The molecule has 3 aromatic rings. The smallest absolute Gasteiger partial charge is 0.227 e. The van der Waals surface area contributed by atoms with Crippen LogP contribution >= 0.6 is 15.9 Å². The molecule has 1 fully saturated rings. The molecule has 6 nitrogen and oxygen atoms in total. The van der Waals surface area contributed by atoms with E-state index in [1.54, 1.807) is 13.3 Å². The van der Waals surface area contributed by atoms with Crippen molar-refractivity contribution < 1.29 is 9.47 Å². The Morgan fingerprint density at radius 3 is 3.04 bits per heavy atom. The third-order valence-corrected chi connectivity index (χ3v) is 4.97. The SMILES string of the molecule is COc1cc(C2CNCCO2)ccc1Nc1ncc2cccc(Br)c2n1. The van der Waals surface area contributed by atoms with E-state index in [9.17, 15) is 0 Å². The molecule has 134 valence electrons. The van der Waals surface area contributed by atoms with Crippen LogP contribution < -0.4 is 15.4 Å². The number of halogens is 1. The molecule has 0 radical (unpaired) electrons. The summed E-state index contributed by atoms with van der Waals surface area (Å²) in [5.74, 6) is 1.25. The second-order valence-electron chi connectivity index (χ2n) is 6.02. The average molecular weight is 415 g/mol. The largest absolute Gasteiger partial charge is 0.495 e. The van der Waals surface area contributed by atoms with Crippen LogP contribution in [-0.2, 0) is 4.74 Å². The maximum Gasteiger partial charge on any atom is 0.227 e. The molecule has 0 spiro atoms. The number of fused-ring (bicyclic) bond motifs is 1. The molecule has 0 aliphatic carbocycles. The van der Waals surface area contributed by atoms with Crippen molar-refractivity contribution in [2.24, 2.45) is 0 Å². The highest BCUT2D eigenvalue weighted by Crippen LogP contribution is 2.32. The molecule has 26 heavy (non-hydrogen) atoms. The van der Waals surface area contributed by atoms with Crippen LogP contribution in [0.25, 0.3) is 10.9 Å². The lowest BCUT2D eigenvalue weighted by atomic mass is 10.1. The van der Waals surface area contributed by atoms with Gasteiger partial charge in [0, 0.05) is 29.1 Å². The third kappa shape index (κ3) is 3.51. The predicted octanol–water partition coefficient (Wildman–Crippen LogP) is 3.81. The number of methoxy groups -OCH3 is 1. The number of ether oxygens (including phenoxy) is 2. The lowest BCUT2D eigenvalue weighted by Gasteiger charge is -2.24. The Labute approximate surface area is 160 Å². The first kappa shape index (κ1) is 17.2. The molecule has 4 rings (SSSR count). The molecule has 1 atom stereocenters. The summed E-state index contributed by atoms with van der Waals surface area (Å²) < 4.78 is 12.3. The van der Waals surface area contributed by atoms with Gasteiger partial charge in [-0.25, -0.2) is 9.97 Å². The van der Waals surface area contributed by atoms with Crippen molar-refractivity contribution >= 4 is 38.5 Å². The van der Waals surface area contributed by atoms with Gasteiger partial charge in [0.2, 0.25) is 5.95 Å². The maximum absolute atomic E-state index is 5.81. The second-order valence-corrected chi connectivity index (χ2v) is 6.87. The van der Waals surface area contributed by atoms with Gasteiger partial charge in [-0.15, -0.1) is 0 Å². The van der Waals surface area contributed by atoms with Crippen LogP contribution in [0.3, 0.4) is 0 Å². The van der Waals surface area contributed by atoms with Crippen LogP contribution in [-0.4, -0.2) is 36.8 Å². The molecule has 1 aromatic heterocycles. The second kappa shape index (κ2) is 7.57. The summed E-state index contributed by atoms with van der Waals surface area (Å²) in [4.78, 5) is 9.00. The number of morpholine rings is 1. The molecule has 2 aromatic carbocycles. The zero-order valence-electron chi connectivity index (χ0n) is 14.3. The number of rotatable bonds is 4. The topological polar surface area (TPSA) is 68.3 Å². The predicted molar refractivity (Wildman–Crippen MR) is 105 cm³/mol. The van der Waals surface area contributed by atoms with Gasteiger partial charge in [-0.05, 0) is 39.7 Å². The van der Waals surface area contributed by atoms with Crippen LogP contribution in [0, 0.1) is 0 Å². The van der Waals surface area contributed by atoms with Gasteiger partial charge >= 0.3 is 0 Å². The Kier molecular flexibility index (Phi) is 5.01. The molecular weight excluding hydrogens is 396 g/mol. The number of benzene rings is 2. The Hall–Kier alpha value is -2.22. The fourth-order valence-electron chi connectivity index (χ4n) is 2.99. The molecule has 0 amide bonds. The number of hydrogen-bond donors (Lipinski definition) is 2. The van der Waals surface area contributed by atoms with Crippen molar-refractivity contribution in [2.45, 2.75) is 6.10 Å². The summed E-state index contributed by atoms with van der Waals surface area (Å²) >= 11 is 3.54. The molecule has 7 heteroatoms. The van der Waals surface area contributed by atoms with E-state index in [1.165, 1.54) is 0 Å². The summed E-state index contributed by atoms with van der Waals surface area (Å²) in [5.41, 5.74) is 2.76. The van der Waals surface area contributed by atoms with E-state index < -0.39 is 0 Å². The highest BCUT2D eigenvalue weighted by atomic mass is 79.9. The summed E-state index contributed by atoms with van der Waals surface area (Å²) in [6.07, 6.45) is 1.84. The van der Waals surface area contributed by atoms with Gasteiger partial charge in [0.05, 0.1) is 31.0 Å². The standard InChI is InChI=1S/C19H19BrN4O2/c1-25-16-9-12(17-11-21-7-8-26-17)5-6-15(16)23-19-22-10-13-3-2-4-14(20)18(13)24-19/h2-6,9-10,17,21H,7-8,11H2,1H3,(H,22,23,24). The first-order chi connectivity index (χ1) is 12.7. The maximum atomic E-state index is 5.81. The summed E-state index contributed by atoms with van der Waals surface area (Å²) in [6.45, 7) is 2.41. The van der Waals surface area contributed by atoms with E-state index >= 15 is 0 Å². The lowest BCUT2D eigenvalue weighted by Crippen LogP contribution is -2.33. The van der Waals surface area contributed by atoms with E-state index in [-0.39, 0.29) is 6.10 Å². The fraction of sp³-hybridized carbons (Fsp3) is 0.263. The summed E-state index contributed by atoms with van der Waals surface area (Å²) in [6, 6.07) is 11.9. The van der Waals surface area contributed by atoms with Gasteiger partial charge in [0.15, 0.2) is 0 Å². The van der Waals surface area contributed by atoms with Crippen LogP contribution in [0.2, 0.25) is 0 Å². The molecule has 2 N–H and O–H groups in total. The van der Waals surface area contributed by atoms with Gasteiger partial charge < -0.3 is 20.1 Å². The van der Waals surface area contributed by atoms with E-state index in [1.807, 2.05) is 36.4 Å². The first-order valence-electron chi connectivity index (χ1n) is 8.43. The number of para-hydroxylation sites is 1. The Bertz CT molecular complexity index is 929. The zero-order valence-corrected chi connectivity index (χ0v) is 15.9. The van der Waals surface area contributed by atoms with E-state index in [0.717, 1.165) is 45.5 Å². The molecular formula is C19H19BrN4O2. The number of nitrogens with zero attached hydrogens (tertiary/aromatic N) is 2. The molecule has 0 bridgehead atoms.